The minimum absolute atomic E-state index is 0.148. The first-order valence-corrected chi connectivity index (χ1v) is 7.25. The Morgan fingerprint density at radius 3 is 2.58 bits per heavy atom. The highest BCUT2D eigenvalue weighted by molar-refractivity contribution is 5.88. The zero-order valence-electron chi connectivity index (χ0n) is 13.0. The van der Waals surface area contributed by atoms with E-state index in [1.165, 1.54) is 0 Å². The summed E-state index contributed by atoms with van der Waals surface area (Å²) in [5.74, 6) is 0.207. The van der Waals surface area contributed by atoms with Gasteiger partial charge in [-0.2, -0.15) is 0 Å². The minimum Gasteiger partial charge on any atom is -0.378 e. The third-order valence-corrected chi connectivity index (χ3v) is 3.85. The Balaban J connectivity index is 2.41. The maximum absolute atomic E-state index is 12.4. The molecular formula is C14H29N3O2. The van der Waals surface area contributed by atoms with Gasteiger partial charge in [-0.3, -0.25) is 10.1 Å². The SMILES string of the molecule is CCC1NC(C)(CC)C(=O)N1CCOCCN(C)C. The first-order valence-electron chi connectivity index (χ1n) is 7.25. The number of carbonyl (C=O) groups is 1. The second-order valence-electron chi connectivity index (χ2n) is 5.67. The van der Waals surface area contributed by atoms with Crippen molar-refractivity contribution in [2.75, 3.05) is 40.4 Å². The van der Waals surface area contributed by atoms with Crippen LogP contribution in [0.1, 0.15) is 33.6 Å². The molecule has 1 aliphatic heterocycles. The van der Waals surface area contributed by atoms with Crippen LogP contribution in [0.15, 0.2) is 0 Å². The van der Waals surface area contributed by atoms with Crippen LogP contribution in [0.2, 0.25) is 0 Å². The van der Waals surface area contributed by atoms with E-state index in [0.717, 1.165) is 19.4 Å². The molecule has 5 nitrogen and oxygen atoms in total. The normalized spacial score (nSPS) is 27.6. The van der Waals surface area contributed by atoms with Gasteiger partial charge in [0.05, 0.1) is 24.9 Å². The van der Waals surface area contributed by atoms with Gasteiger partial charge in [0.15, 0.2) is 0 Å². The Labute approximate surface area is 117 Å². The molecule has 0 bridgehead atoms. The maximum Gasteiger partial charge on any atom is 0.243 e. The van der Waals surface area contributed by atoms with Gasteiger partial charge in [0.2, 0.25) is 5.91 Å². The number of nitrogens with one attached hydrogen (secondary N) is 1. The summed E-state index contributed by atoms with van der Waals surface area (Å²) < 4.78 is 5.59. The predicted octanol–water partition coefficient (Wildman–Crippen LogP) is 0.901. The molecule has 0 radical (unpaired) electrons. The summed E-state index contributed by atoms with van der Waals surface area (Å²) in [4.78, 5) is 16.4. The molecule has 1 amide bonds. The van der Waals surface area contributed by atoms with Crippen LogP contribution >= 0.6 is 0 Å². The molecule has 5 heteroatoms. The number of amides is 1. The molecule has 1 rings (SSSR count). The minimum atomic E-state index is -0.398. The molecule has 2 unspecified atom stereocenters. The quantitative estimate of drug-likeness (QED) is 0.666. The average Bonchev–Trinajstić information content (AvgIpc) is 2.62. The van der Waals surface area contributed by atoms with E-state index >= 15 is 0 Å². The monoisotopic (exact) mass is 271 g/mol. The number of hydrogen-bond acceptors (Lipinski definition) is 4. The molecule has 0 aromatic heterocycles. The highest BCUT2D eigenvalue weighted by atomic mass is 16.5. The third kappa shape index (κ3) is 4.16. The summed E-state index contributed by atoms with van der Waals surface area (Å²) in [6.45, 7) is 9.05. The summed E-state index contributed by atoms with van der Waals surface area (Å²) in [5.41, 5.74) is -0.398. The number of rotatable bonds is 8. The Morgan fingerprint density at radius 1 is 1.37 bits per heavy atom. The van der Waals surface area contributed by atoms with Crippen LogP contribution in [-0.4, -0.2) is 67.8 Å². The average molecular weight is 271 g/mol. The fraction of sp³-hybridized carbons (Fsp3) is 0.929. The Kier molecular flexibility index (Phi) is 6.23. The number of carbonyl (C=O) groups excluding carboxylic acids is 1. The molecule has 1 N–H and O–H groups in total. The van der Waals surface area contributed by atoms with Gasteiger partial charge < -0.3 is 14.5 Å². The molecule has 0 aliphatic carbocycles. The lowest BCUT2D eigenvalue weighted by Gasteiger charge is -2.23. The Bertz CT molecular complexity index is 296. The fourth-order valence-electron chi connectivity index (χ4n) is 2.31. The first-order chi connectivity index (χ1) is 8.94. The molecule has 0 saturated carbocycles. The van der Waals surface area contributed by atoms with E-state index in [1.54, 1.807) is 0 Å². The van der Waals surface area contributed by atoms with Gasteiger partial charge in [-0.05, 0) is 33.9 Å². The third-order valence-electron chi connectivity index (χ3n) is 3.85. The van der Waals surface area contributed by atoms with Crippen LogP contribution in [-0.2, 0) is 9.53 Å². The van der Waals surface area contributed by atoms with E-state index in [-0.39, 0.29) is 12.1 Å². The summed E-state index contributed by atoms with van der Waals surface area (Å²) in [7, 11) is 4.05. The van der Waals surface area contributed by atoms with E-state index in [9.17, 15) is 4.79 Å². The molecule has 1 aliphatic rings. The Morgan fingerprint density at radius 2 is 2.05 bits per heavy atom. The van der Waals surface area contributed by atoms with Gasteiger partial charge in [0, 0.05) is 13.1 Å². The summed E-state index contributed by atoms with van der Waals surface area (Å²) in [6.07, 6.45) is 1.90. The molecule has 1 fully saturated rings. The molecule has 0 aromatic carbocycles. The van der Waals surface area contributed by atoms with Crippen molar-refractivity contribution < 1.29 is 9.53 Å². The van der Waals surface area contributed by atoms with Gasteiger partial charge in [-0.15, -0.1) is 0 Å². The van der Waals surface area contributed by atoms with Crippen molar-refractivity contribution in [3.8, 4) is 0 Å². The molecule has 112 valence electrons. The standard InChI is InChI=1S/C14H29N3O2/c1-6-12-15-14(3,7-2)13(18)17(12)9-11-19-10-8-16(4)5/h12,15H,6-11H2,1-5H3. The van der Waals surface area contributed by atoms with E-state index in [0.29, 0.717) is 19.8 Å². The van der Waals surface area contributed by atoms with E-state index in [1.807, 2.05) is 25.9 Å². The first kappa shape index (κ1) is 16.4. The number of nitrogens with zero attached hydrogens (tertiary/aromatic N) is 2. The van der Waals surface area contributed by atoms with Crippen molar-refractivity contribution in [3.63, 3.8) is 0 Å². The highest BCUT2D eigenvalue weighted by Gasteiger charge is 2.45. The van der Waals surface area contributed by atoms with Gasteiger partial charge in [0.1, 0.15) is 0 Å². The summed E-state index contributed by atoms with van der Waals surface area (Å²) in [5, 5.41) is 3.44. The van der Waals surface area contributed by atoms with Crippen molar-refractivity contribution in [2.24, 2.45) is 0 Å². The number of likely N-dealkylation sites (N-methyl/N-ethyl adjacent to an activating group) is 1. The second-order valence-corrected chi connectivity index (χ2v) is 5.67. The molecule has 1 saturated heterocycles. The van der Waals surface area contributed by atoms with Crippen molar-refractivity contribution in [1.29, 1.82) is 0 Å². The lowest BCUT2D eigenvalue weighted by molar-refractivity contribution is -0.133. The lowest BCUT2D eigenvalue weighted by Crippen LogP contribution is -2.43. The zero-order chi connectivity index (χ0) is 14.5. The highest BCUT2D eigenvalue weighted by Crippen LogP contribution is 2.24. The van der Waals surface area contributed by atoms with Crippen molar-refractivity contribution in [1.82, 2.24) is 15.1 Å². The van der Waals surface area contributed by atoms with Crippen molar-refractivity contribution in [2.45, 2.75) is 45.3 Å². The van der Waals surface area contributed by atoms with Crippen LogP contribution in [0.5, 0.6) is 0 Å². The summed E-state index contributed by atoms with van der Waals surface area (Å²) in [6, 6.07) is 0. The number of hydrogen-bond donors (Lipinski definition) is 1. The lowest BCUT2D eigenvalue weighted by atomic mass is 9.99. The van der Waals surface area contributed by atoms with Gasteiger partial charge in [-0.1, -0.05) is 13.8 Å². The smallest absolute Gasteiger partial charge is 0.243 e. The maximum atomic E-state index is 12.4. The van der Waals surface area contributed by atoms with Crippen LogP contribution in [0.3, 0.4) is 0 Å². The largest absolute Gasteiger partial charge is 0.378 e. The predicted molar refractivity (Wildman–Crippen MR) is 77.0 cm³/mol. The van der Waals surface area contributed by atoms with Crippen molar-refractivity contribution in [3.05, 3.63) is 0 Å². The van der Waals surface area contributed by atoms with Crippen LogP contribution < -0.4 is 5.32 Å². The van der Waals surface area contributed by atoms with Crippen molar-refractivity contribution >= 4 is 5.91 Å². The topological polar surface area (TPSA) is 44.8 Å². The van der Waals surface area contributed by atoms with Crippen LogP contribution in [0.25, 0.3) is 0 Å². The fourth-order valence-corrected chi connectivity index (χ4v) is 2.31. The van der Waals surface area contributed by atoms with E-state index < -0.39 is 5.54 Å². The molecule has 0 aromatic rings. The van der Waals surface area contributed by atoms with E-state index in [4.69, 9.17) is 4.74 Å². The molecule has 19 heavy (non-hydrogen) atoms. The van der Waals surface area contributed by atoms with E-state index in [2.05, 4.69) is 24.1 Å². The summed E-state index contributed by atoms with van der Waals surface area (Å²) >= 11 is 0. The van der Waals surface area contributed by atoms with Gasteiger partial charge in [0.25, 0.3) is 0 Å². The Hall–Kier alpha value is -0.650. The molecule has 2 atom stereocenters. The van der Waals surface area contributed by atoms with Gasteiger partial charge >= 0.3 is 0 Å². The molecule has 1 heterocycles. The second kappa shape index (κ2) is 7.22. The number of ether oxygens (including phenoxy) is 1. The van der Waals surface area contributed by atoms with Crippen LogP contribution in [0, 0.1) is 0 Å². The molecular weight excluding hydrogens is 242 g/mol. The van der Waals surface area contributed by atoms with Crippen LogP contribution in [0.4, 0.5) is 0 Å². The van der Waals surface area contributed by atoms with Gasteiger partial charge in [-0.25, -0.2) is 0 Å². The molecule has 0 spiro atoms. The zero-order valence-corrected chi connectivity index (χ0v) is 13.0.